The summed E-state index contributed by atoms with van der Waals surface area (Å²) >= 11 is 0. The third-order valence-corrected chi connectivity index (χ3v) is 3.93. The monoisotopic (exact) mass is 282 g/mol. The molecule has 0 spiro atoms. The molecule has 0 atom stereocenters. The van der Waals surface area contributed by atoms with Gasteiger partial charge in [0.05, 0.1) is 22.7 Å². The molecule has 0 aliphatic rings. The van der Waals surface area contributed by atoms with Gasteiger partial charge >= 0.3 is 0 Å². The van der Waals surface area contributed by atoms with E-state index in [0.717, 1.165) is 0 Å². The Labute approximate surface area is 114 Å². The SMILES string of the molecule is C=C=C(CS(=O)(=O)CC(=C=C)C(=O)CC)C(=O)CC. The van der Waals surface area contributed by atoms with Crippen LogP contribution in [0.1, 0.15) is 26.7 Å². The number of carbonyl (C=O) groups excluding carboxylic acids is 2. The van der Waals surface area contributed by atoms with Gasteiger partial charge in [-0.2, -0.15) is 0 Å². The van der Waals surface area contributed by atoms with Gasteiger partial charge in [-0.3, -0.25) is 9.59 Å². The van der Waals surface area contributed by atoms with Crippen molar-refractivity contribution in [3.05, 3.63) is 35.8 Å². The summed E-state index contributed by atoms with van der Waals surface area (Å²) in [6.45, 7) is 9.89. The van der Waals surface area contributed by atoms with Crippen molar-refractivity contribution in [1.29, 1.82) is 0 Å². The van der Waals surface area contributed by atoms with Gasteiger partial charge in [-0.1, -0.05) is 27.0 Å². The predicted molar refractivity (Wildman–Crippen MR) is 74.6 cm³/mol. The molecule has 0 unspecified atom stereocenters. The summed E-state index contributed by atoms with van der Waals surface area (Å²) in [7, 11) is -3.64. The Morgan fingerprint density at radius 2 is 1.21 bits per heavy atom. The van der Waals surface area contributed by atoms with Crippen molar-refractivity contribution in [1.82, 2.24) is 0 Å². The third-order valence-electron chi connectivity index (χ3n) is 2.47. The Morgan fingerprint density at radius 3 is 1.42 bits per heavy atom. The van der Waals surface area contributed by atoms with E-state index in [2.05, 4.69) is 24.6 Å². The smallest absolute Gasteiger partial charge is 0.167 e. The van der Waals surface area contributed by atoms with E-state index < -0.39 is 21.3 Å². The molecule has 0 saturated carbocycles. The molecule has 104 valence electrons. The van der Waals surface area contributed by atoms with Crippen molar-refractivity contribution in [2.75, 3.05) is 11.5 Å². The molecule has 4 nitrogen and oxygen atoms in total. The van der Waals surface area contributed by atoms with E-state index >= 15 is 0 Å². The van der Waals surface area contributed by atoms with Crippen molar-refractivity contribution in [3.63, 3.8) is 0 Å². The van der Waals surface area contributed by atoms with Gasteiger partial charge in [0.1, 0.15) is 0 Å². The van der Waals surface area contributed by atoms with Gasteiger partial charge in [0, 0.05) is 12.8 Å². The van der Waals surface area contributed by atoms with Crippen LogP contribution >= 0.6 is 0 Å². The number of carbonyl (C=O) groups is 2. The Kier molecular flexibility index (Phi) is 7.02. The van der Waals surface area contributed by atoms with Crippen molar-refractivity contribution < 1.29 is 18.0 Å². The Morgan fingerprint density at radius 1 is 0.895 bits per heavy atom. The van der Waals surface area contributed by atoms with Crippen molar-refractivity contribution in [2.24, 2.45) is 0 Å². The summed E-state index contributed by atoms with van der Waals surface area (Å²) in [4.78, 5) is 22.9. The van der Waals surface area contributed by atoms with E-state index in [9.17, 15) is 18.0 Å². The lowest BCUT2D eigenvalue weighted by molar-refractivity contribution is -0.115. The van der Waals surface area contributed by atoms with Crippen LogP contribution in [0.15, 0.2) is 35.8 Å². The topological polar surface area (TPSA) is 68.3 Å². The maximum absolute atomic E-state index is 11.9. The van der Waals surface area contributed by atoms with Crippen molar-refractivity contribution >= 4 is 21.4 Å². The standard InChI is InChI=1S/C14H18O4S/c1-5-11(13(15)7-3)9-19(17,18)10-12(6-2)14(16)8-4/h1-2,7-10H2,3-4H3. The zero-order valence-corrected chi connectivity index (χ0v) is 12.1. The molecule has 0 fully saturated rings. The van der Waals surface area contributed by atoms with Crippen LogP contribution in [0.3, 0.4) is 0 Å². The van der Waals surface area contributed by atoms with Gasteiger partial charge in [0.25, 0.3) is 0 Å². The minimum atomic E-state index is -3.64. The molecule has 0 rings (SSSR count). The highest BCUT2D eigenvalue weighted by Crippen LogP contribution is 2.09. The van der Waals surface area contributed by atoms with Gasteiger partial charge in [-0.05, 0) is 0 Å². The number of hydrogen-bond donors (Lipinski definition) is 0. The Balaban J connectivity index is 5.12. The molecule has 0 saturated heterocycles. The second-order valence-corrected chi connectivity index (χ2v) is 5.96. The molecule has 0 aromatic carbocycles. The van der Waals surface area contributed by atoms with Crippen LogP contribution in [-0.4, -0.2) is 31.5 Å². The molecule has 0 aliphatic carbocycles. The fraction of sp³-hybridized carbons (Fsp3) is 0.429. The quantitative estimate of drug-likeness (QED) is 0.502. The molecule has 0 bridgehead atoms. The second kappa shape index (κ2) is 7.70. The van der Waals surface area contributed by atoms with Gasteiger partial charge < -0.3 is 0 Å². The maximum Gasteiger partial charge on any atom is 0.167 e. The number of ketones is 2. The fourth-order valence-electron chi connectivity index (χ4n) is 1.38. The van der Waals surface area contributed by atoms with Crippen molar-refractivity contribution in [3.8, 4) is 0 Å². The minimum absolute atomic E-state index is 0.0230. The summed E-state index contributed by atoms with van der Waals surface area (Å²) in [5.74, 6) is -1.56. The van der Waals surface area contributed by atoms with Crippen LogP contribution in [0.5, 0.6) is 0 Å². The van der Waals surface area contributed by atoms with Crippen molar-refractivity contribution in [2.45, 2.75) is 26.7 Å². The van der Waals surface area contributed by atoms with Crippen LogP contribution in [0.4, 0.5) is 0 Å². The van der Waals surface area contributed by atoms with Crippen LogP contribution in [-0.2, 0) is 19.4 Å². The normalized spacial score (nSPS) is 10.2. The van der Waals surface area contributed by atoms with Gasteiger partial charge in [0.2, 0.25) is 0 Å². The number of Topliss-reactive ketones (excluding diaryl/α,β-unsaturated/α-hetero) is 2. The summed E-state index contributed by atoms with van der Waals surface area (Å²) in [5, 5.41) is 0. The van der Waals surface area contributed by atoms with Crippen LogP contribution < -0.4 is 0 Å². The third kappa shape index (κ3) is 5.66. The highest BCUT2D eigenvalue weighted by atomic mass is 32.2. The summed E-state index contributed by atoms with van der Waals surface area (Å²) in [5.41, 5.74) is 4.75. The minimum Gasteiger partial charge on any atom is -0.294 e. The second-order valence-electron chi connectivity index (χ2n) is 3.90. The van der Waals surface area contributed by atoms with Gasteiger partial charge in [-0.25, -0.2) is 8.42 Å². The van der Waals surface area contributed by atoms with Crippen LogP contribution in [0.25, 0.3) is 0 Å². The molecule has 0 heterocycles. The van der Waals surface area contributed by atoms with Gasteiger partial charge in [-0.15, -0.1) is 11.5 Å². The molecule has 0 radical (unpaired) electrons. The van der Waals surface area contributed by atoms with Crippen LogP contribution in [0.2, 0.25) is 0 Å². The fourth-order valence-corrected chi connectivity index (χ4v) is 2.89. The first-order valence-corrected chi connectivity index (χ1v) is 7.68. The highest BCUT2D eigenvalue weighted by molar-refractivity contribution is 7.91. The first-order valence-electron chi connectivity index (χ1n) is 5.85. The number of hydrogen-bond acceptors (Lipinski definition) is 4. The molecule has 0 N–H and O–H groups in total. The van der Waals surface area contributed by atoms with E-state index in [4.69, 9.17) is 0 Å². The average molecular weight is 282 g/mol. The van der Waals surface area contributed by atoms with E-state index in [1.54, 1.807) is 13.8 Å². The maximum atomic E-state index is 11.9. The van der Waals surface area contributed by atoms with E-state index in [1.807, 2.05) is 0 Å². The summed E-state index contributed by atoms with van der Waals surface area (Å²) in [6, 6.07) is 0. The lowest BCUT2D eigenvalue weighted by Gasteiger charge is -2.06. The highest BCUT2D eigenvalue weighted by Gasteiger charge is 2.21. The molecular weight excluding hydrogens is 264 g/mol. The Hall–Kier alpha value is -1.67. The predicted octanol–water partition coefficient (Wildman–Crippen LogP) is 1.78. The molecule has 19 heavy (non-hydrogen) atoms. The first-order chi connectivity index (χ1) is 8.81. The molecule has 0 amide bonds. The summed E-state index contributed by atoms with van der Waals surface area (Å²) < 4.78 is 23.9. The zero-order valence-electron chi connectivity index (χ0n) is 11.3. The number of rotatable bonds is 8. The zero-order chi connectivity index (χ0) is 15.1. The average Bonchev–Trinajstić information content (AvgIpc) is 2.40. The largest absolute Gasteiger partial charge is 0.294 e. The van der Waals surface area contributed by atoms with E-state index in [-0.39, 0.29) is 35.6 Å². The van der Waals surface area contributed by atoms with E-state index in [1.165, 1.54) is 0 Å². The van der Waals surface area contributed by atoms with Crippen LogP contribution in [0, 0.1) is 0 Å². The molecule has 0 aromatic rings. The van der Waals surface area contributed by atoms with E-state index in [0.29, 0.717) is 0 Å². The lowest BCUT2D eigenvalue weighted by Crippen LogP contribution is -2.20. The van der Waals surface area contributed by atoms with Gasteiger partial charge in [0.15, 0.2) is 21.4 Å². The number of sulfone groups is 1. The molecule has 0 aromatic heterocycles. The lowest BCUT2D eigenvalue weighted by atomic mass is 10.2. The molecular formula is C14H18O4S. The first kappa shape index (κ1) is 17.3. The summed E-state index contributed by atoms with van der Waals surface area (Å²) in [6.07, 6.45) is 0.372. The molecule has 5 heteroatoms. The molecule has 0 aliphatic heterocycles. The Bertz CT molecular complexity index is 523.